The average molecular weight is 353 g/mol. The summed E-state index contributed by atoms with van der Waals surface area (Å²) in [6.07, 6.45) is 3.52. The van der Waals surface area contributed by atoms with Crippen LogP contribution < -0.4 is 5.32 Å². The lowest BCUT2D eigenvalue weighted by Gasteiger charge is -2.02. The summed E-state index contributed by atoms with van der Waals surface area (Å²) >= 11 is 4.89. The second kappa shape index (κ2) is 7.55. The minimum absolute atomic E-state index is 0.0898. The number of hydrogen-bond acceptors (Lipinski definition) is 3. The van der Waals surface area contributed by atoms with Crippen LogP contribution in [0.3, 0.4) is 0 Å². The summed E-state index contributed by atoms with van der Waals surface area (Å²) in [5.74, 6) is -0.0898. The van der Waals surface area contributed by atoms with Gasteiger partial charge in [0, 0.05) is 23.2 Å². The van der Waals surface area contributed by atoms with Crippen LogP contribution in [0, 0.1) is 0 Å². The van der Waals surface area contributed by atoms with Gasteiger partial charge in [0.25, 0.3) is 0 Å². The van der Waals surface area contributed by atoms with Crippen LogP contribution in [0.15, 0.2) is 29.6 Å². The van der Waals surface area contributed by atoms with Crippen LogP contribution in [0.5, 0.6) is 0 Å². The van der Waals surface area contributed by atoms with Crippen LogP contribution in [0.1, 0.15) is 25.3 Å². The Morgan fingerprint density at radius 2 is 2.05 bits per heavy atom. The zero-order valence-electron chi connectivity index (χ0n) is 11.4. The van der Waals surface area contributed by atoms with E-state index in [1.165, 1.54) is 36.7 Å². The number of alkyl halides is 1. The normalized spacial score (nSPS) is 10.5. The van der Waals surface area contributed by atoms with Gasteiger partial charge >= 0.3 is 0 Å². The number of thiazole rings is 1. The number of halogens is 1. The number of unbranched alkanes of at least 4 members (excludes halogenated alkanes) is 1. The number of anilines is 1. The number of carbonyl (C=O) groups is 1. The van der Waals surface area contributed by atoms with E-state index >= 15 is 0 Å². The number of nitrogens with one attached hydrogen (secondary N) is 1. The highest BCUT2D eigenvalue weighted by molar-refractivity contribution is 9.09. The van der Waals surface area contributed by atoms with Crippen LogP contribution in [0.4, 0.5) is 5.13 Å². The lowest BCUT2D eigenvalue weighted by Crippen LogP contribution is -2.04. The molecule has 1 amide bonds. The molecular formula is C15H17BrN2OS. The number of nitrogens with zero attached hydrogens (tertiary/aromatic N) is 1. The molecule has 1 aromatic carbocycles. The lowest BCUT2D eigenvalue weighted by molar-refractivity contribution is -0.114. The third kappa shape index (κ3) is 4.42. The Hall–Kier alpha value is -1.20. The predicted octanol–water partition coefficient (Wildman–Crippen LogP) is 4.49. The smallest absolute Gasteiger partial charge is 0.223 e. The first-order valence-electron chi connectivity index (χ1n) is 6.57. The van der Waals surface area contributed by atoms with Crippen molar-refractivity contribution in [3.63, 3.8) is 0 Å². The average Bonchev–Trinajstić information content (AvgIpc) is 2.87. The maximum Gasteiger partial charge on any atom is 0.223 e. The molecule has 2 aromatic rings. The van der Waals surface area contributed by atoms with E-state index in [-0.39, 0.29) is 5.91 Å². The molecule has 0 unspecified atom stereocenters. The third-order valence-electron chi connectivity index (χ3n) is 2.89. The van der Waals surface area contributed by atoms with Gasteiger partial charge in [-0.15, -0.1) is 11.3 Å². The maximum atomic E-state index is 11.0. The number of aryl methyl sites for hydroxylation is 1. The van der Waals surface area contributed by atoms with E-state index < -0.39 is 0 Å². The van der Waals surface area contributed by atoms with Crippen LogP contribution in [-0.2, 0) is 11.2 Å². The van der Waals surface area contributed by atoms with E-state index in [1.807, 2.05) is 5.38 Å². The molecule has 0 atom stereocenters. The van der Waals surface area contributed by atoms with Crippen molar-refractivity contribution in [2.24, 2.45) is 0 Å². The number of hydrogen-bond donors (Lipinski definition) is 1. The second-order valence-corrected chi connectivity index (χ2v) is 6.21. The Bertz CT molecular complexity index is 566. The molecule has 0 saturated carbocycles. The monoisotopic (exact) mass is 352 g/mol. The second-order valence-electron chi connectivity index (χ2n) is 4.56. The molecule has 1 aromatic heterocycles. The Morgan fingerprint density at radius 3 is 2.70 bits per heavy atom. The number of benzene rings is 1. The highest BCUT2D eigenvalue weighted by Crippen LogP contribution is 2.25. The Balaban J connectivity index is 2.02. The van der Waals surface area contributed by atoms with Gasteiger partial charge in [-0.2, -0.15) is 0 Å². The van der Waals surface area contributed by atoms with Crippen LogP contribution >= 0.6 is 27.3 Å². The SMILES string of the molecule is CC(=O)Nc1nc(-c2ccc(CCCCBr)cc2)cs1. The topological polar surface area (TPSA) is 42.0 Å². The lowest BCUT2D eigenvalue weighted by atomic mass is 10.1. The zero-order chi connectivity index (χ0) is 14.4. The highest BCUT2D eigenvalue weighted by Gasteiger charge is 2.05. The van der Waals surface area contributed by atoms with Gasteiger partial charge in [-0.05, 0) is 24.8 Å². The summed E-state index contributed by atoms with van der Waals surface area (Å²) in [6.45, 7) is 1.49. The summed E-state index contributed by atoms with van der Waals surface area (Å²) in [6, 6.07) is 8.49. The maximum absolute atomic E-state index is 11.0. The molecule has 0 radical (unpaired) electrons. The first kappa shape index (κ1) is 15.2. The summed E-state index contributed by atoms with van der Waals surface area (Å²) in [7, 11) is 0. The quantitative estimate of drug-likeness (QED) is 0.614. The summed E-state index contributed by atoms with van der Waals surface area (Å²) in [4.78, 5) is 15.4. The molecule has 20 heavy (non-hydrogen) atoms. The summed E-state index contributed by atoms with van der Waals surface area (Å²) in [5.41, 5.74) is 3.35. The number of rotatable bonds is 6. The summed E-state index contributed by atoms with van der Waals surface area (Å²) in [5, 5.41) is 6.38. The fraction of sp³-hybridized carbons (Fsp3) is 0.333. The van der Waals surface area contributed by atoms with Gasteiger partial charge in [0.15, 0.2) is 5.13 Å². The molecular weight excluding hydrogens is 336 g/mol. The molecule has 1 heterocycles. The minimum atomic E-state index is -0.0898. The molecule has 106 valence electrons. The van der Waals surface area contributed by atoms with Gasteiger partial charge in [-0.3, -0.25) is 4.79 Å². The highest BCUT2D eigenvalue weighted by atomic mass is 79.9. The van der Waals surface area contributed by atoms with Crippen molar-refractivity contribution >= 4 is 38.3 Å². The number of amides is 1. The molecule has 0 aliphatic carbocycles. The van der Waals surface area contributed by atoms with Gasteiger partial charge < -0.3 is 5.32 Å². The molecule has 0 aliphatic heterocycles. The Labute approximate surface area is 131 Å². The van der Waals surface area contributed by atoms with E-state index in [0.29, 0.717) is 5.13 Å². The van der Waals surface area contributed by atoms with E-state index in [4.69, 9.17) is 0 Å². The van der Waals surface area contributed by atoms with Crippen molar-refractivity contribution in [3.8, 4) is 11.3 Å². The number of carbonyl (C=O) groups excluding carboxylic acids is 1. The van der Waals surface area contributed by atoms with Crippen molar-refractivity contribution in [3.05, 3.63) is 35.2 Å². The van der Waals surface area contributed by atoms with Crippen LogP contribution in [-0.4, -0.2) is 16.2 Å². The summed E-state index contributed by atoms with van der Waals surface area (Å²) < 4.78 is 0. The van der Waals surface area contributed by atoms with Crippen molar-refractivity contribution < 1.29 is 4.79 Å². The molecule has 0 spiro atoms. The Morgan fingerprint density at radius 1 is 1.30 bits per heavy atom. The molecule has 0 saturated heterocycles. The zero-order valence-corrected chi connectivity index (χ0v) is 13.8. The van der Waals surface area contributed by atoms with E-state index in [0.717, 1.165) is 23.0 Å². The van der Waals surface area contributed by atoms with Gasteiger partial charge in [0.05, 0.1) is 5.69 Å². The van der Waals surface area contributed by atoms with Gasteiger partial charge in [-0.1, -0.05) is 40.2 Å². The van der Waals surface area contributed by atoms with Crippen LogP contribution in [0.2, 0.25) is 0 Å². The van der Waals surface area contributed by atoms with E-state index in [1.54, 1.807) is 0 Å². The first-order chi connectivity index (χ1) is 9.69. The van der Waals surface area contributed by atoms with Gasteiger partial charge in [-0.25, -0.2) is 4.98 Å². The van der Waals surface area contributed by atoms with Gasteiger partial charge in [0.2, 0.25) is 5.91 Å². The van der Waals surface area contributed by atoms with Crippen molar-refractivity contribution in [1.82, 2.24) is 4.98 Å². The van der Waals surface area contributed by atoms with E-state index in [9.17, 15) is 4.79 Å². The molecule has 3 nitrogen and oxygen atoms in total. The fourth-order valence-electron chi connectivity index (χ4n) is 1.88. The molecule has 1 N–H and O–H groups in total. The standard InChI is InChI=1S/C15H17BrN2OS/c1-11(19)17-15-18-14(10-20-15)13-7-5-12(6-8-13)4-2-3-9-16/h5-8,10H,2-4,9H2,1H3,(H,17,18,19). The van der Waals surface area contributed by atoms with E-state index in [2.05, 4.69) is 50.5 Å². The van der Waals surface area contributed by atoms with Crippen molar-refractivity contribution in [2.45, 2.75) is 26.2 Å². The van der Waals surface area contributed by atoms with Crippen LogP contribution in [0.25, 0.3) is 11.3 Å². The molecule has 5 heteroatoms. The van der Waals surface area contributed by atoms with Gasteiger partial charge in [0.1, 0.15) is 0 Å². The molecule has 2 rings (SSSR count). The fourth-order valence-corrected chi connectivity index (χ4v) is 3.04. The number of aromatic nitrogens is 1. The predicted molar refractivity (Wildman–Crippen MR) is 88.6 cm³/mol. The third-order valence-corrected chi connectivity index (χ3v) is 4.20. The first-order valence-corrected chi connectivity index (χ1v) is 8.57. The van der Waals surface area contributed by atoms with Crippen molar-refractivity contribution in [2.75, 3.05) is 10.6 Å². The Kier molecular flexibility index (Phi) is 5.73. The minimum Gasteiger partial charge on any atom is -0.302 e. The largest absolute Gasteiger partial charge is 0.302 e. The molecule has 0 bridgehead atoms. The molecule has 0 fully saturated rings. The van der Waals surface area contributed by atoms with Crippen molar-refractivity contribution in [1.29, 1.82) is 0 Å². The molecule has 0 aliphatic rings.